The molecule has 0 radical (unpaired) electrons. The summed E-state index contributed by atoms with van der Waals surface area (Å²) in [5.41, 5.74) is 6.64. The fourth-order valence-corrected chi connectivity index (χ4v) is 1.74. The minimum atomic E-state index is -0.376. The molecule has 0 spiro atoms. The molecule has 1 aromatic carbocycles. The average molecular weight is 251 g/mol. The Labute approximate surface area is 106 Å². The second-order valence-electron chi connectivity index (χ2n) is 4.49. The van der Waals surface area contributed by atoms with Gasteiger partial charge in [0.2, 0.25) is 0 Å². The van der Waals surface area contributed by atoms with Crippen LogP contribution >= 0.6 is 0 Å². The lowest BCUT2D eigenvalue weighted by Crippen LogP contribution is -2.35. The molecule has 0 atom stereocenters. The average Bonchev–Trinajstić information content (AvgIpc) is 3.19. The highest BCUT2D eigenvalue weighted by Crippen LogP contribution is 2.25. The van der Waals surface area contributed by atoms with Crippen molar-refractivity contribution >= 4 is 5.96 Å². The van der Waals surface area contributed by atoms with Gasteiger partial charge in [0, 0.05) is 13.1 Å². The molecule has 1 aliphatic carbocycles. The lowest BCUT2D eigenvalue weighted by Gasteiger charge is -2.16. The van der Waals surface area contributed by atoms with Gasteiger partial charge in [0.15, 0.2) is 17.5 Å². The molecule has 0 aliphatic heterocycles. The molecule has 98 valence electrons. The van der Waals surface area contributed by atoms with Crippen molar-refractivity contribution in [2.24, 2.45) is 10.7 Å². The quantitative estimate of drug-likeness (QED) is 0.655. The molecular formula is C13H18FN3O. The molecule has 1 aromatic rings. The largest absolute Gasteiger partial charge is 0.494 e. The van der Waals surface area contributed by atoms with Crippen LogP contribution in [-0.2, 0) is 6.54 Å². The number of hydrogen-bond donors (Lipinski definition) is 1. The number of guanidine groups is 1. The Kier molecular flexibility index (Phi) is 3.69. The Morgan fingerprint density at radius 1 is 1.56 bits per heavy atom. The van der Waals surface area contributed by atoms with Gasteiger partial charge in [-0.05, 0) is 30.5 Å². The Morgan fingerprint density at radius 3 is 2.83 bits per heavy atom. The molecule has 1 fully saturated rings. The summed E-state index contributed by atoms with van der Waals surface area (Å²) in [5, 5.41) is 0. The van der Waals surface area contributed by atoms with Gasteiger partial charge in [0.1, 0.15) is 0 Å². The molecular weight excluding hydrogens is 233 g/mol. The molecule has 2 rings (SSSR count). The van der Waals surface area contributed by atoms with E-state index in [1.807, 2.05) is 11.9 Å². The number of hydrogen-bond acceptors (Lipinski definition) is 2. The first-order chi connectivity index (χ1) is 8.61. The van der Waals surface area contributed by atoms with E-state index in [2.05, 4.69) is 4.99 Å². The standard InChI is InChI=1S/C13H18FN3O/c1-17(10-4-5-10)13(15)16-8-9-3-6-12(18-2)11(14)7-9/h3,6-7,10H,4-5,8H2,1-2H3,(H2,15,16). The number of rotatable bonds is 4. The van der Waals surface area contributed by atoms with Crippen LogP contribution in [0.15, 0.2) is 23.2 Å². The first-order valence-corrected chi connectivity index (χ1v) is 5.97. The summed E-state index contributed by atoms with van der Waals surface area (Å²) in [6, 6.07) is 5.34. The summed E-state index contributed by atoms with van der Waals surface area (Å²) < 4.78 is 18.3. The zero-order valence-corrected chi connectivity index (χ0v) is 10.7. The molecule has 0 amide bonds. The number of halogens is 1. The second-order valence-corrected chi connectivity index (χ2v) is 4.49. The van der Waals surface area contributed by atoms with E-state index in [1.165, 1.54) is 26.0 Å². The van der Waals surface area contributed by atoms with Crippen molar-refractivity contribution in [2.75, 3.05) is 14.2 Å². The molecule has 1 aliphatic rings. The van der Waals surface area contributed by atoms with E-state index < -0.39 is 0 Å². The van der Waals surface area contributed by atoms with E-state index in [4.69, 9.17) is 10.5 Å². The van der Waals surface area contributed by atoms with Crippen molar-refractivity contribution in [1.29, 1.82) is 0 Å². The fourth-order valence-electron chi connectivity index (χ4n) is 1.74. The van der Waals surface area contributed by atoms with E-state index >= 15 is 0 Å². The smallest absolute Gasteiger partial charge is 0.191 e. The highest BCUT2D eigenvalue weighted by atomic mass is 19.1. The number of ether oxygens (including phenoxy) is 1. The van der Waals surface area contributed by atoms with Crippen LogP contribution in [0.3, 0.4) is 0 Å². The maximum absolute atomic E-state index is 13.5. The highest BCUT2D eigenvalue weighted by molar-refractivity contribution is 5.78. The SMILES string of the molecule is COc1ccc(CN=C(N)N(C)C2CC2)cc1F. The molecule has 18 heavy (non-hydrogen) atoms. The van der Waals surface area contributed by atoms with Crippen LogP contribution in [0.25, 0.3) is 0 Å². The number of nitrogens with two attached hydrogens (primary N) is 1. The Morgan fingerprint density at radius 2 is 2.28 bits per heavy atom. The third-order valence-corrected chi connectivity index (χ3v) is 3.10. The lowest BCUT2D eigenvalue weighted by atomic mass is 10.2. The zero-order chi connectivity index (χ0) is 13.1. The zero-order valence-electron chi connectivity index (χ0n) is 10.7. The van der Waals surface area contributed by atoms with Gasteiger partial charge in [-0.2, -0.15) is 0 Å². The third-order valence-electron chi connectivity index (χ3n) is 3.10. The Bertz CT molecular complexity index is 458. The summed E-state index contributed by atoms with van der Waals surface area (Å²) in [4.78, 5) is 6.24. The fraction of sp³-hybridized carbons (Fsp3) is 0.462. The van der Waals surface area contributed by atoms with E-state index in [0.29, 0.717) is 18.5 Å². The van der Waals surface area contributed by atoms with E-state index in [0.717, 1.165) is 5.56 Å². The van der Waals surface area contributed by atoms with Crippen molar-refractivity contribution in [1.82, 2.24) is 4.90 Å². The van der Waals surface area contributed by atoms with Crippen molar-refractivity contribution in [3.8, 4) is 5.75 Å². The molecule has 4 nitrogen and oxygen atoms in total. The van der Waals surface area contributed by atoms with Gasteiger partial charge >= 0.3 is 0 Å². The van der Waals surface area contributed by atoms with Crippen LogP contribution in [0.2, 0.25) is 0 Å². The van der Waals surface area contributed by atoms with Gasteiger partial charge in [0.25, 0.3) is 0 Å². The van der Waals surface area contributed by atoms with E-state index in [1.54, 1.807) is 12.1 Å². The van der Waals surface area contributed by atoms with Gasteiger partial charge in [-0.15, -0.1) is 0 Å². The molecule has 0 aromatic heterocycles. The molecule has 0 heterocycles. The van der Waals surface area contributed by atoms with Gasteiger partial charge < -0.3 is 15.4 Å². The van der Waals surface area contributed by atoms with Crippen molar-refractivity contribution in [3.05, 3.63) is 29.6 Å². The molecule has 1 saturated carbocycles. The molecule has 5 heteroatoms. The first-order valence-electron chi connectivity index (χ1n) is 5.97. The van der Waals surface area contributed by atoms with E-state index in [9.17, 15) is 4.39 Å². The van der Waals surface area contributed by atoms with Gasteiger partial charge in [-0.3, -0.25) is 0 Å². The van der Waals surface area contributed by atoms with Crippen LogP contribution in [0.1, 0.15) is 18.4 Å². The normalized spacial score (nSPS) is 15.6. The monoisotopic (exact) mass is 251 g/mol. The second kappa shape index (κ2) is 5.25. The van der Waals surface area contributed by atoms with Crippen molar-refractivity contribution in [3.63, 3.8) is 0 Å². The van der Waals surface area contributed by atoms with Gasteiger partial charge in [0.05, 0.1) is 13.7 Å². The Balaban J connectivity index is 2.00. The maximum atomic E-state index is 13.5. The van der Waals surface area contributed by atoms with Crippen molar-refractivity contribution in [2.45, 2.75) is 25.4 Å². The number of aliphatic imine (C=N–C) groups is 1. The number of benzene rings is 1. The Hall–Kier alpha value is -1.78. The summed E-state index contributed by atoms with van der Waals surface area (Å²) in [7, 11) is 3.38. The van der Waals surface area contributed by atoms with Crippen LogP contribution < -0.4 is 10.5 Å². The lowest BCUT2D eigenvalue weighted by molar-refractivity contribution is 0.386. The van der Waals surface area contributed by atoms with Crippen LogP contribution in [0.4, 0.5) is 4.39 Å². The van der Waals surface area contributed by atoms with Crippen molar-refractivity contribution < 1.29 is 9.13 Å². The minimum absolute atomic E-state index is 0.241. The summed E-state index contributed by atoms with van der Waals surface area (Å²) in [5.74, 6) is 0.374. The number of methoxy groups -OCH3 is 1. The van der Waals surface area contributed by atoms with Crippen LogP contribution in [-0.4, -0.2) is 31.1 Å². The third kappa shape index (κ3) is 2.91. The van der Waals surface area contributed by atoms with E-state index in [-0.39, 0.29) is 11.6 Å². The van der Waals surface area contributed by atoms with Crippen LogP contribution in [0, 0.1) is 5.82 Å². The van der Waals surface area contributed by atoms with Gasteiger partial charge in [-0.1, -0.05) is 6.07 Å². The first kappa shape index (κ1) is 12.7. The maximum Gasteiger partial charge on any atom is 0.191 e. The number of nitrogens with zero attached hydrogens (tertiary/aromatic N) is 2. The molecule has 0 unspecified atom stereocenters. The predicted octanol–water partition coefficient (Wildman–Crippen LogP) is 1.74. The predicted molar refractivity (Wildman–Crippen MR) is 69.1 cm³/mol. The molecule has 0 bridgehead atoms. The minimum Gasteiger partial charge on any atom is -0.494 e. The molecule has 0 saturated heterocycles. The molecule has 2 N–H and O–H groups in total. The van der Waals surface area contributed by atoms with Gasteiger partial charge in [-0.25, -0.2) is 9.38 Å². The van der Waals surface area contributed by atoms with Crippen LogP contribution in [0.5, 0.6) is 5.75 Å². The summed E-state index contributed by atoms with van der Waals surface area (Å²) in [6.07, 6.45) is 2.34. The summed E-state index contributed by atoms with van der Waals surface area (Å²) >= 11 is 0. The topological polar surface area (TPSA) is 50.9 Å². The summed E-state index contributed by atoms with van der Waals surface area (Å²) in [6.45, 7) is 0.379. The highest BCUT2D eigenvalue weighted by Gasteiger charge is 2.27.